The molecular weight excluding hydrogens is 201 g/mol. The molecule has 0 aromatic rings. The van der Waals surface area contributed by atoms with Crippen molar-refractivity contribution in [3.8, 4) is 11.8 Å². The minimum atomic E-state index is 0.500. The van der Waals surface area contributed by atoms with Crippen molar-refractivity contribution in [2.75, 3.05) is 26.8 Å². The molecule has 0 amide bonds. The molecule has 2 heteroatoms. The highest BCUT2D eigenvalue weighted by atomic mass is 19.1. The zero-order valence-corrected chi connectivity index (χ0v) is 12.0. The highest BCUT2D eigenvalue weighted by Gasteiger charge is 2.32. The van der Waals surface area contributed by atoms with Gasteiger partial charge in [-0.15, -0.1) is 0 Å². The van der Waals surface area contributed by atoms with Crippen molar-refractivity contribution < 1.29 is 4.39 Å². The fourth-order valence-electron chi connectivity index (χ4n) is 1.64. The summed E-state index contributed by atoms with van der Waals surface area (Å²) in [5.74, 6) is 6.89. The summed E-state index contributed by atoms with van der Waals surface area (Å²) < 4.78 is 9.50. The molecule has 0 unspecified atom stereocenters. The van der Waals surface area contributed by atoms with Gasteiger partial charge < -0.3 is 0 Å². The summed E-state index contributed by atoms with van der Waals surface area (Å²) in [5.41, 5.74) is 0.541. The van der Waals surface area contributed by atoms with Gasteiger partial charge in [0.05, 0.1) is 13.7 Å². The number of hydrogen-bond donors (Lipinski definition) is 0. The van der Waals surface area contributed by atoms with Crippen LogP contribution in [0, 0.1) is 23.2 Å². The van der Waals surface area contributed by atoms with Crippen LogP contribution in [0.25, 0.3) is 0 Å². The quantitative estimate of drug-likeness (QED) is 0.621. The molecule has 0 N–H and O–H groups in total. The van der Waals surface area contributed by atoms with Gasteiger partial charge >= 0.3 is 0 Å². The Kier molecular flexibility index (Phi) is 10.8. The van der Waals surface area contributed by atoms with Crippen molar-refractivity contribution in [3.05, 3.63) is 0 Å². The van der Waals surface area contributed by atoms with E-state index in [2.05, 4.69) is 44.4 Å². The first-order valence-corrected chi connectivity index (χ1v) is 6.08. The van der Waals surface area contributed by atoms with Crippen LogP contribution < -0.4 is 0 Å². The van der Waals surface area contributed by atoms with Gasteiger partial charge in [-0.1, -0.05) is 53.4 Å². The molecule has 96 valence electrons. The van der Waals surface area contributed by atoms with E-state index in [1.165, 1.54) is 13.1 Å². The molecule has 0 aromatic heterocycles. The van der Waals surface area contributed by atoms with Gasteiger partial charge in [0.1, 0.15) is 0 Å². The second-order valence-corrected chi connectivity index (χ2v) is 4.79. The molecule has 1 aliphatic rings. The van der Waals surface area contributed by atoms with Crippen molar-refractivity contribution in [1.82, 2.24) is 4.90 Å². The molecule has 0 bridgehead atoms. The maximum atomic E-state index is 9.50. The number of likely N-dealkylation sites (tertiary alicyclic amines) is 1. The Morgan fingerprint density at radius 3 is 1.94 bits per heavy atom. The summed E-state index contributed by atoms with van der Waals surface area (Å²) in [6.07, 6.45) is 0. The number of rotatable bonds is 1. The summed E-state index contributed by atoms with van der Waals surface area (Å²) in [6, 6.07) is 0. The summed E-state index contributed by atoms with van der Waals surface area (Å²) in [7, 11) is 0.500. The van der Waals surface area contributed by atoms with E-state index in [1.54, 1.807) is 0 Å². The average Bonchev–Trinajstić information content (AvgIpc) is 2.20. The van der Waals surface area contributed by atoms with Crippen molar-refractivity contribution in [3.63, 3.8) is 0 Å². The van der Waals surface area contributed by atoms with Gasteiger partial charge in [0.25, 0.3) is 0 Å². The zero-order chi connectivity index (χ0) is 13.2. The van der Waals surface area contributed by atoms with Gasteiger partial charge in [0, 0.05) is 19.0 Å². The first kappa shape index (κ1) is 17.8. The summed E-state index contributed by atoms with van der Waals surface area (Å²) >= 11 is 0. The van der Waals surface area contributed by atoms with Gasteiger partial charge in [-0.3, -0.25) is 9.29 Å². The largest absolute Gasteiger partial charge is 0.291 e. The standard InChI is InChI=1S/C11H19N.C2H6.CH3F/c1-10(2)6-5-7-12-8-11(3,4)9-12;2*1-2/h10H,7-9H2,1-4H3;1-2H3;1H3. The number of nitrogens with zero attached hydrogens (tertiary/aromatic N) is 1. The van der Waals surface area contributed by atoms with Crippen LogP contribution in [-0.2, 0) is 0 Å². The summed E-state index contributed by atoms with van der Waals surface area (Å²) in [4.78, 5) is 2.40. The minimum Gasteiger partial charge on any atom is -0.291 e. The van der Waals surface area contributed by atoms with Gasteiger partial charge in [0.2, 0.25) is 0 Å². The van der Waals surface area contributed by atoms with Gasteiger partial charge in [-0.2, -0.15) is 0 Å². The molecule has 1 aliphatic heterocycles. The number of halogens is 1. The zero-order valence-electron chi connectivity index (χ0n) is 12.0. The second-order valence-electron chi connectivity index (χ2n) is 4.79. The summed E-state index contributed by atoms with van der Waals surface area (Å²) in [6.45, 7) is 16.2. The highest BCUT2D eigenvalue weighted by Crippen LogP contribution is 2.27. The molecule has 1 heterocycles. The molecule has 1 fully saturated rings. The van der Waals surface area contributed by atoms with Crippen LogP contribution in [0.3, 0.4) is 0 Å². The molecule has 0 aromatic carbocycles. The SMILES string of the molecule is CC.CC(C)C#CCN1CC(C)(C)C1.CF. The van der Waals surface area contributed by atoms with E-state index in [4.69, 9.17) is 0 Å². The van der Waals surface area contributed by atoms with Crippen LogP contribution in [0.4, 0.5) is 4.39 Å². The second kappa shape index (κ2) is 9.66. The Morgan fingerprint density at radius 1 is 1.19 bits per heavy atom. The van der Waals surface area contributed by atoms with Gasteiger partial charge in [-0.05, 0) is 5.41 Å². The first-order valence-electron chi connectivity index (χ1n) is 6.08. The minimum absolute atomic E-state index is 0.500. The third-order valence-corrected chi connectivity index (χ3v) is 2.00. The Hall–Kier alpha value is -0.550. The van der Waals surface area contributed by atoms with Crippen molar-refractivity contribution in [2.24, 2.45) is 11.3 Å². The van der Waals surface area contributed by atoms with E-state index in [-0.39, 0.29) is 0 Å². The monoisotopic (exact) mass is 229 g/mol. The molecule has 0 aliphatic carbocycles. The smallest absolute Gasteiger partial charge is 0.0785 e. The van der Waals surface area contributed by atoms with Crippen molar-refractivity contribution in [2.45, 2.75) is 41.5 Å². The molecule has 0 saturated carbocycles. The Balaban J connectivity index is 0. The predicted molar refractivity (Wildman–Crippen MR) is 71.2 cm³/mol. The van der Waals surface area contributed by atoms with Crippen LogP contribution >= 0.6 is 0 Å². The van der Waals surface area contributed by atoms with E-state index < -0.39 is 0 Å². The molecule has 1 nitrogen and oxygen atoms in total. The fraction of sp³-hybridized carbons (Fsp3) is 0.857. The highest BCUT2D eigenvalue weighted by molar-refractivity contribution is 5.05. The molecule has 0 spiro atoms. The van der Waals surface area contributed by atoms with Gasteiger partial charge in [0.15, 0.2) is 0 Å². The first-order chi connectivity index (χ1) is 7.49. The molecule has 0 atom stereocenters. The predicted octanol–water partition coefficient (Wildman–Crippen LogP) is 3.60. The van der Waals surface area contributed by atoms with Crippen LogP contribution in [0.5, 0.6) is 0 Å². The van der Waals surface area contributed by atoms with Crippen LogP contribution in [-0.4, -0.2) is 31.7 Å². The van der Waals surface area contributed by atoms with E-state index in [9.17, 15) is 4.39 Å². The average molecular weight is 229 g/mol. The normalized spacial score (nSPS) is 16.8. The molecule has 16 heavy (non-hydrogen) atoms. The fourth-order valence-corrected chi connectivity index (χ4v) is 1.64. The lowest BCUT2D eigenvalue weighted by atomic mass is 9.84. The lowest BCUT2D eigenvalue weighted by Gasteiger charge is -2.44. The molecule has 0 radical (unpaired) electrons. The number of alkyl halides is 1. The number of hydrogen-bond acceptors (Lipinski definition) is 1. The maximum absolute atomic E-state index is 9.50. The lowest BCUT2D eigenvalue weighted by molar-refractivity contribution is 0.0442. The van der Waals surface area contributed by atoms with Crippen LogP contribution in [0.2, 0.25) is 0 Å². The van der Waals surface area contributed by atoms with Crippen molar-refractivity contribution in [1.29, 1.82) is 0 Å². The topological polar surface area (TPSA) is 3.24 Å². The molecule has 1 saturated heterocycles. The van der Waals surface area contributed by atoms with E-state index >= 15 is 0 Å². The lowest BCUT2D eigenvalue weighted by Crippen LogP contribution is -2.52. The molecule has 1 rings (SSSR count). The third kappa shape index (κ3) is 8.73. The van der Waals surface area contributed by atoms with E-state index in [0.29, 0.717) is 18.5 Å². The summed E-state index contributed by atoms with van der Waals surface area (Å²) in [5, 5.41) is 0. The maximum Gasteiger partial charge on any atom is 0.0785 e. The molecular formula is C14H28FN. The third-order valence-electron chi connectivity index (χ3n) is 2.00. The Labute approximate surface area is 101 Å². The van der Waals surface area contributed by atoms with Crippen molar-refractivity contribution >= 4 is 0 Å². The van der Waals surface area contributed by atoms with Crippen LogP contribution in [0.15, 0.2) is 0 Å². The van der Waals surface area contributed by atoms with Gasteiger partial charge in [-0.25, -0.2) is 0 Å². The van der Waals surface area contributed by atoms with E-state index in [1.807, 2.05) is 13.8 Å². The van der Waals surface area contributed by atoms with Crippen LogP contribution in [0.1, 0.15) is 41.5 Å². The Bertz CT molecular complexity index is 203. The Morgan fingerprint density at radius 2 is 1.62 bits per heavy atom. The van der Waals surface area contributed by atoms with E-state index in [0.717, 1.165) is 6.54 Å².